The third kappa shape index (κ3) is 4.94. The maximum absolute atomic E-state index is 13.2. The molecule has 5 nitrogen and oxygen atoms in total. The molecule has 0 saturated carbocycles. The summed E-state index contributed by atoms with van der Waals surface area (Å²) in [7, 11) is 0. The van der Waals surface area contributed by atoms with Gasteiger partial charge in [0.15, 0.2) is 0 Å². The number of hydrogen-bond donors (Lipinski definition) is 2. The van der Waals surface area contributed by atoms with Gasteiger partial charge < -0.3 is 4.90 Å². The van der Waals surface area contributed by atoms with Crippen molar-refractivity contribution in [2.75, 3.05) is 26.2 Å². The van der Waals surface area contributed by atoms with Crippen molar-refractivity contribution in [3.8, 4) is 0 Å². The van der Waals surface area contributed by atoms with Gasteiger partial charge in [0.2, 0.25) is 5.91 Å². The fraction of sp³-hybridized carbons (Fsp3) is 0.632. The zero-order valence-electron chi connectivity index (χ0n) is 15.5. The second-order valence-corrected chi connectivity index (χ2v) is 8.15. The van der Waals surface area contributed by atoms with Crippen molar-refractivity contribution in [1.82, 2.24) is 20.7 Å². The molecule has 1 aromatic rings. The number of benzene rings is 1. The van der Waals surface area contributed by atoms with E-state index in [0.717, 1.165) is 31.5 Å². The van der Waals surface area contributed by atoms with Crippen molar-refractivity contribution in [3.05, 3.63) is 34.6 Å². The second kappa shape index (κ2) is 8.65. The second-order valence-electron chi connectivity index (χ2n) is 7.74. The highest BCUT2D eigenvalue weighted by molar-refractivity contribution is 6.31. The summed E-state index contributed by atoms with van der Waals surface area (Å²) in [6, 6.07) is 4.76. The zero-order valence-corrected chi connectivity index (χ0v) is 16.2. The molecule has 7 heteroatoms. The minimum absolute atomic E-state index is 0.128. The maximum Gasteiger partial charge on any atom is 0.241 e. The first kappa shape index (κ1) is 19.5. The molecular formula is C19H28ClFN4O. The Bertz CT molecular complexity index is 634. The van der Waals surface area contributed by atoms with Crippen LogP contribution in [-0.2, 0) is 11.3 Å². The molecule has 0 spiro atoms. The summed E-state index contributed by atoms with van der Waals surface area (Å²) in [6.45, 7) is 8.10. The molecule has 2 atom stereocenters. The van der Waals surface area contributed by atoms with Gasteiger partial charge in [0.25, 0.3) is 0 Å². The summed E-state index contributed by atoms with van der Waals surface area (Å²) in [6.07, 6.45) is 1.92. The number of nitrogens with zero attached hydrogens (tertiary/aromatic N) is 2. The predicted molar refractivity (Wildman–Crippen MR) is 101 cm³/mol. The first-order valence-corrected chi connectivity index (χ1v) is 9.76. The Labute approximate surface area is 159 Å². The fourth-order valence-electron chi connectivity index (χ4n) is 3.75. The third-order valence-corrected chi connectivity index (χ3v) is 5.48. The quantitative estimate of drug-likeness (QED) is 0.821. The molecule has 144 valence electrons. The SMILES string of the molecule is CC(C)CC1CC(C(=O)N2CCN(Cc3ccc(F)cc3Cl)CC2)NN1. The normalized spacial score (nSPS) is 24.4. The fourth-order valence-corrected chi connectivity index (χ4v) is 3.97. The standard InChI is InChI=1S/C19H28ClFN4O/c1-13(2)9-16-11-18(23-22-16)19(26)25-7-5-24(6-8-25)12-14-3-4-15(21)10-17(14)20/h3-4,10,13,16,18,22-23H,5-9,11-12H2,1-2H3. The van der Waals surface area contributed by atoms with E-state index in [1.807, 2.05) is 4.90 Å². The lowest BCUT2D eigenvalue weighted by Gasteiger charge is -2.36. The van der Waals surface area contributed by atoms with Gasteiger partial charge in [0.1, 0.15) is 11.9 Å². The van der Waals surface area contributed by atoms with Crippen LogP contribution in [0.1, 0.15) is 32.3 Å². The molecule has 0 bridgehead atoms. The van der Waals surface area contributed by atoms with Crippen LogP contribution in [0.25, 0.3) is 0 Å². The van der Waals surface area contributed by atoms with Gasteiger partial charge in [-0.05, 0) is 36.5 Å². The molecule has 2 aliphatic rings. The van der Waals surface area contributed by atoms with E-state index in [1.54, 1.807) is 6.07 Å². The third-order valence-electron chi connectivity index (χ3n) is 5.13. The first-order valence-electron chi connectivity index (χ1n) is 9.38. The number of carbonyl (C=O) groups is 1. The number of halogens is 2. The maximum atomic E-state index is 13.2. The molecule has 0 radical (unpaired) electrons. The minimum atomic E-state index is -0.317. The van der Waals surface area contributed by atoms with E-state index in [2.05, 4.69) is 29.6 Å². The van der Waals surface area contributed by atoms with Gasteiger partial charge >= 0.3 is 0 Å². The van der Waals surface area contributed by atoms with E-state index in [1.165, 1.54) is 12.1 Å². The van der Waals surface area contributed by atoms with Gasteiger partial charge in [-0.1, -0.05) is 31.5 Å². The summed E-state index contributed by atoms with van der Waals surface area (Å²) in [4.78, 5) is 16.9. The average Bonchev–Trinajstić information content (AvgIpc) is 3.05. The van der Waals surface area contributed by atoms with Gasteiger partial charge in [-0.2, -0.15) is 0 Å². The number of amides is 1. The zero-order chi connectivity index (χ0) is 18.7. The highest BCUT2D eigenvalue weighted by Crippen LogP contribution is 2.20. The van der Waals surface area contributed by atoms with Crippen LogP contribution in [0.2, 0.25) is 5.02 Å². The number of piperazine rings is 1. The molecule has 26 heavy (non-hydrogen) atoms. The van der Waals surface area contributed by atoms with Gasteiger partial charge in [-0.15, -0.1) is 0 Å². The van der Waals surface area contributed by atoms with Crippen LogP contribution in [0, 0.1) is 11.7 Å². The smallest absolute Gasteiger partial charge is 0.241 e. The number of hydrogen-bond acceptors (Lipinski definition) is 4. The molecule has 2 unspecified atom stereocenters. The number of carbonyl (C=O) groups excluding carboxylic acids is 1. The van der Waals surface area contributed by atoms with Crippen LogP contribution in [0.3, 0.4) is 0 Å². The summed E-state index contributed by atoms with van der Waals surface area (Å²) in [5, 5.41) is 0.459. The lowest BCUT2D eigenvalue weighted by molar-refractivity contribution is -0.135. The van der Waals surface area contributed by atoms with Crippen LogP contribution in [0.5, 0.6) is 0 Å². The molecule has 1 amide bonds. The van der Waals surface area contributed by atoms with Crippen LogP contribution in [0.15, 0.2) is 18.2 Å². The topological polar surface area (TPSA) is 47.6 Å². The van der Waals surface area contributed by atoms with E-state index < -0.39 is 0 Å². The number of hydrazine groups is 1. The van der Waals surface area contributed by atoms with Crippen molar-refractivity contribution in [2.24, 2.45) is 5.92 Å². The number of rotatable bonds is 5. The Morgan fingerprint density at radius 3 is 2.65 bits per heavy atom. The Balaban J connectivity index is 1.47. The Morgan fingerprint density at radius 2 is 2.00 bits per heavy atom. The van der Waals surface area contributed by atoms with Gasteiger partial charge in [-0.3, -0.25) is 15.1 Å². The predicted octanol–water partition coefficient (Wildman–Crippen LogP) is 2.40. The van der Waals surface area contributed by atoms with Crippen molar-refractivity contribution in [2.45, 2.75) is 45.3 Å². The van der Waals surface area contributed by atoms with Crippen LogP contribution in [-0.4, -0.2) is 54.0 Å². The van der Waals surface area contributed by atoms with Gasteiger partial charge in [0, 0.05) is 43.8 Å². The van der Waals surface area contributed by atoms with Crippen LogP contribution >= 0.6 is 11.6 Å². The highest BCUT2D eigenvalue weighted by Gasteiger charge is 2.33. The van der Waals surface area contributed by atoms with E-state index in [4.69, 9.17) is 11.6 Å². The van der Waals surface area contributed by atoms with Crippen molar-refractivity contribution in [3.63, 3.8) is 0 Å². The molecule has 2 saturated heterocycles. The lowest BCUT2D eigenvalue weighted by Crippen LogP contribution is -2.53. The summed E-state index contributed by atoms with van der Waals surface area (Å²) in [5.74, 6) is 0.482. The minimum Gasteiger partial charge on any atom is -0.339 e. The molecular weight excluding hydrogens is 355 g/mol. The Kier molecular flexibility index (Phi) is 6.51. The van der Waals surface area contributed by atoms with E-state index in [0.29, 0.717) is 36.6 Å². The Morgan fingerprint density at radius 1 is 1.27 bits per heavy atom. The van der Waals surface area contributed by atoms with Crippen LogP contribution < -0.4 is 10.9 Å². The monoisotopic (exact) mass is 382 g/mol. The molecule has 2 fully saturated rings. The van der Waals surface area contributed by atoms with E-state index >= 15 is 0 Å². The number of nitrogens with one attached hydrogen (secondary N) is 2. The first-order chi connectivity index (χ1) is 12.4. The molecule has 2 heterocycles. The molecule has 0 aromatic heterocycles. The van der Waals surface area contributed by atoms with Crippen molar-refractivity contribution >= 4 is 17.5 Å². The molecule has 0 aliphatic carbocycles. The highest BCUT2D eigenvalue weighted by atomic mass is 35.5. The van der Waals surface area contributed by atoms with Gasteiger partial charge in [0.05, 0.1) is 0 Å². The lowest BCUT2D eigenvalue weighted by atomic mass is 9.99. The molecule has 3 rings (SSSR count). The van der Waals surface area contributed by atoms with Crippen molar-refractivity contribution < 1.29 is 9.18 Å². The molecule has 1 aromatic carbocycles. The van der Waals surface area contributed by atoms with Gasteiger partial charge in [-0.25, -0.2) is 9.82 Å². The van der Waals surface area contributed by atoms with E-state index in [-0.39, 0.29) is 17.8 Å². The average molecular weight is 383 g/mol. The Hall–Kier alpha value is -1.21. The summed E-state index contributed by atoms with van der Waals surface area (Å²) >= 11 is 6.12. The van der Waals surface area contributed by atoms with E-state index in [9.17, 15) is 9.18 Å². The van der Waals surface area contributed by atoms with Crippen molar-refractivity contribution in [1.29, 1.82) is 0 Å². The summed E-state index contributed by atoms with van der Waals surface area (Å²) < 4.78 is 13.2. The summed E-state index contributed by atoms with van der Waals surface area (Å²) in [5.41, 5.74) is 7.34. The largest absolute Gasteiger partial charge is 0.339 e. The molecule has 2 aliphatic heterocycles. The molecule has 2 N–H and O–H groups in total. The van der Waals surface area contributed by atoms with Crippen LogP contribution in [0.4, 0.5) is 4.39 Å².